The number of sulfonamides is 1. The van der Waals surface area contributed by atoms with E-state index in [9.17, 15) is 13.5 Å². The summed E-state index contributed by atoms with van der Waals surface area (Å²) in [6, 6.07) is 1.90. The Kier molecular flexibility index (Phi) is 4.85. The highest BCUT2D eigenvalue weighted by molar-refractivity contribution is 7.89. The molecule has 0 bridgehead atoms. The highest BCUT2D eigenvalue weighted by Gasteiger charge is 2.29. The summed E-state index contributed by atoms with van der Waals surface area (Å²) in [6.45, 7) is 2.99. The highest BCUT2D eigenvalue weighted by Crippen LogP contribution is 2.37. The van der Waals surface area contributed by atoms with Gasteiger partial charge in [-0.3, -0.25) is 0 Å². The lowest BCUT2D eigenvalue weighted by atomic mass is 10.4. The number of aliphatic hydroxyl groups excluding tert-OH is 1. The highest BCUT2D eigenvalue weighted by atomic mass is 32.2. The second kappa shape index (κ2) is 6.26. The van der Waals surface area contributed by atoms with Gasteiger partial charge in [-0.25, -0.2) is 8.42 Å². The zero-order valence-corrected chi connectivity index (χ0v) is 12.8. The quantitative estimate of drug-likeness (QED) is 0.726. The van der Waals surface area contributed by atoms with Gasteiger partial charge in [-0.1, -0.05) is 0 Å². The molecule has 1 saturated carbocycles. The topological polar surface area (TPSA) is 71.8 Å². The molecule has 114 valence electrons. The Morgan fingerprint density at radius 3 is 2.75 bits per heavy atom. The van der Waals surface area contributed by atoms with Gasteiger partial charge >= 0.3 is 0 Å². The summed E-state index contributed by atoms with van der Waals surface area (Å²) in [6.07, 6.45) is 3.72. The molecule has 1 heterocycles. The normalized spacial score (nSPS) is 16.0. The van der Waals surface area contributed by atoms with Crippen LogP contribution in [0.5, 0.6) is 0 Å². The minimum atomic E-state index is -3.52. The van der Waals surface area contributed by atoms with Crippen molar-refractivity contribution in [2.24, 2.45) is 0 Å². The summed E-state index contributed by atoms with van der Waals surface area (Å²) >= 11 is 0. The van der Waals surface area contributed by atoms with E-state index >= 15 is 0 Å². The van der Waals surface area contributed by atoms with Crippen LogP contribution in [0, 0.1) is 0 Å². The van der Waals surface area contributed by atoms with Crippen molar-refractivity contribution >= 4 is 10.0 Å². The van der Waals surface area contributed by atoms with Crippen molar-refractivity contribution in [1.82, 2.24) is 8.87 Å². The van der Waals surface area contributed by atoms with Crippen LogP contribution in [0.25, 0.3) is 0 Å². The van der Waals surface area contributed by atoms with E-state index in [1.54, 1.807) is 19.3 Å². The molecule has 1 aliphatic carbocycles. The molecule has 1 aromatic rings. The van der Waals surface area contributed by atoms with Crippen LogP contribution >= 0.6 is 0 Å². The standard InChI is InChI=1S/C13H22N2O4S/c1-3-19-7-6-14(2)20(17,18)13-8-12(10-16)15(9-13)11-4-5-11/h8-9,11,16H,3-7,10H2,1-2H3. The maximum atomic E-state index is 12.4. The molecule has 1 aliphatic rings. The molecule has 0 saturated heterocycles. The van der Waals surface area contributed by atoms with Crippen molar-refractivity contribution in [3.05, 3.63) is 18.0 Å². The molecule has 0 aliphatic heterocycles. The third kappa shape index (κ3) is 3.22. The third-order valence-corrected chi connectivity index (χ3v) is 5.29. The van der Waals surface area contributed by atoms with E-state index in [0.29, 0.717) is 31.5 Å². The second-order valence-corrected chi connectivity index (χ2v) is 7.03. The van der Waals surface area contributed by atoms with Crippen LogP contribution in [0.2, 0.25) is 0 Å². The van der Waals surface area contributed by atoms with Crippen molar-refractivity contribution in [2.75, 3.05) is 26.8 Å². The van der Waals surface area contributed by atoms with Gasteiger partial charge in [0.15, 0.2) is 0 Å². The van der Waals surface area contributed by atoms with Crippen molar-refractivity contribution in [2.45, 2.75) is 37.3 Å². The van der Waals surface area contributed by atoms with Gasteiger partial charge in [0.2, 0.25) is 10.0 Å². The van der Waals surface area contributed by atoms with E-state index in [4.69, 9.17) is 4.74 Å². The van der Waals surface area contributed by atoms with Crippen LogP contribution in [0.4, 0.5) is 0 Å². The molecule has 0 radical (unpaired) electrons. The maximum absolute atomic E-state index is 12.4. The average molecular weight is 302 g/mol. The molecular formula is C13H22N2O4S. The molecule has 1 fully saturated rings. The van der Waals surface area contributed by atoms with Crippen LogP contribution in [0.1, 0.15) is 31.5 Å². The zero-order chi connectivity index (χ0) is 14.8. The van der Waals surface area contributed by atoms with Gasteiger partial charge in [-0.05, 0) is 25.8 Å². The molecule has 20 heavy (non-hydrogen) atoms. The van der Waals surface area contributed by atoms with Crippen LogP contribution in [-0.2, 0) is 21.4 Å². The number of aliphatic hydroxyl groups is 1. The fourth-order valence-electron chi connectivity index (χ4n) is 2.09. The Bertz CT molecular complexity index is 549. The van der Waals surface area contributed by atoms with Crippen LogP contribution in [0.15, 0.2) is 17.2 Å². The summed E-state index contributed by atoms with van der Waals surface area (Å²) < 4.78 is 33.2. The molecule has 0 atom stereocenters. The molecule has 1 N–H and O–H groups in total. The third-order valence-electron chi connectivity index (χ3n) is 3.47. The summed E-state index contributed by atoms with van der Waals surface area (Å²) in [5.41, 5.74) is 0.657. The van der Waals surface area contributed by atoms with Crippen molar-refractivity contribution in [1.29, 1.82) is 0 Å². The minimum absolute atomic E-state index is 0.144. The van der Waals surface area contributed by atoms with Gasteiger partial charge in [-0.2, -0.15) is 4.31 Å². The van der Waals surface area contributed by atoms with Gasteiger partial charge < -0.3 is 14.4 Å². The van der Waals surface area contributed by atoms with Crippen molar-refractivity contribution < 1.29 is 18.3 Å². The van der Waals surface area contributed by atoms with E-state index in [2.05, 4.69) is 0 Å². The number of hydrogen-bond acceptors (Lipinski definition) is 4. The van der Waals surface area contributed by atoms with Crippen LogP contribution < -0.4 is 0 Å². The number of nitrogens with zero attached hydrogens (tertiary/aromatic N) is 2. The molecule has 6 nitrogen and oxygen atoms in total. The maximum Gasteiger partial charge on any atom is 0.244 e. The summed E-state index contributed by atoms with van der Waals surface area (Å²) in [7, 11) is -1.97. The smallest absolute Gasteiger partial charge is 0.244 e. The molecule has 0 spiro atoms. The molecule has 0 amide bonds. The van der Waals surface area contributed by atoms with Gasteiger partial charge in [0, 0.05) is 38.1 Å². The fraction of sp³-hybridized carbons (Fsp3) is 0.692. The van der Waals surface area contributed by atoms with Gasteiger partial charge in [0.1, 0.15) is 4.90 Å². The number of ether oxygens (including phenoxy) is 1. The molecule has 0 unspecified atom stereocenters. The van der Waals surface area contributed by atoms with Crippen LogP contribution in [0.3, 0.4) is 0 Å². The Morgan fingerprint density at radius 2 is 2.20 bits per heavy atom. The predicted octanol–water partition coefficient (Wildman–Crippen LogP) is 0.972. The summed E-state index contributed by atoms with van der Waals surface area (Å²) in [5, 5.41) is 9.34. The van der Waals surface area contributed by atoms with Crippen LogP contribution in [-0.4, -0.2) is 49.2 Å². The number of rotatable bonds is 8. The van der Waals surface area contributed by atoms with E-state index in [0.717, 1.165) is 12.8 Å². The minimum Gasteiger partial charge on any atom is -0.390 e. The van der Waals surface area contributed by atoms with Crippen molar-refractivity contribution in [3.8, 4) is 0 Å². The lowest BCUT2D eigenvalue weighted by molar-refractivity contribution is 0.138. The number of likely N-dealkylation sites (N-methyl/N-ethyl adjacent to an activating group) is 1. The molecular weight excluding hydrogens is 280 g/mol. The van der Waals surface area contributed by atoms with Gasteiger partial charge in [0.25, 0.3) is 0 Å². The first-order valence-electron chi connectivity index (χ1n) is 6.86. The Morgan fingerprint density at radius 1 is 1.50 bits per heavy atom. The average Bonchev–Trinajstić information content (AvgIpc) is 3.17. The first kappa shape index (κ1) is 15.5. The van der Waals surface area contributed by atoms with Gasteiger partial charge in [0.05, 0.1) is 13.2 Å². The Hall–Kier alpha value is -0.890. The summed E-state index contributed by atoms with van der Waals surface area (Å²) in [5.74, 6) is 0. The van der Waals surface area contributed by atoms with Gasteiger partial charge in [-0.15, -0.1) is 0 Å². The second-order valence-electron chi connectivity index (χ2n) is 4.99. The fourth-order valence-corrected chi connectivity index (χ4v) is 3.30. The molecule has 2 rings (SSSR count). The Balaban J connectivity index is 2.16. The molecule has 0 aromatic carbocycles. The first-order valence-corrected chi connectivity index (χ1v) is 8.30. The summed E-state index contributed by atoms with van der Waals surface area (Å²) in [4.78, 5) is 0.243. The molecule has 1 aromatic heterocycles. The number of hydrogen-bond donors (Lipinski definition) is 1. The monoisotopic (exact) mass is 302 g/mol. The lowest BCUT2D eigenvalue weighted by Crippen LogP contribution is -2.30. The van der Waals surface area contributed by atoms with E-state index in [1.165, 1.54) is 4.31 Å². The SMILES string of the molecule is CCOCCN(C)S(=O)(=O)c1cc(CO)n(C2CC2)c1. The first-order chi connectivity index (χ1) is 9.50. The predicted molar refractivity (Wildman–Crippen MR) is 74.9 cm³/mol. The van der Waals surface area contributed by atoms with E-state index in [-0.39, 0.29) is 11.5 Å². The lowest BCUT2D eigenvalue weighted by Gasteiger charge is -2.15. The zero-order valence-electron chi connectivity index (χ0n) is 11.9. The molecule has 7 heteroatoms. The number of aromatic nitrogens is 1. The Labute approximate surface area is 120 Å². The largest absolute Gasteiger partial charge is 0.390 e. The van der Waals surface area contributed by atoms with E-state index < -0.39 is 10.0 Å². The van der Waals surface area contributed by atoms with E-state index in [1.807, 2.05) is 11.5 Å². The van der Waals surface area contributed by atoms with Crippen molar-refractivity contribution in [3.63, 3.8) is 0 Å².